The Kier molecular flexibility index (Phi) is 5.94. The van der Waals surface area contributed by atoms with E-state index in [-0.39, 0.29) is 22.2 Å². The predicted octanol–water partition coefficient (Wildman–Crippen LogP) is 4.15. The Bertz CT molecular complexity index is 1080. The van der Waals surface area contributed by atoms with Crippen molar-refractivity contribution < 1.29 is 18.9 Å². The van der Waals surface area contributed by atoms with E-state index in [1.165, 1.54) is 30.3 Å². The number of amides is 2. The van der Waals surface area contributed by atoms with Gasteiger partial charge in [0, 0.05) is 23.3 Å². The van der Waals surface area contributed by atoms with Gasteiger partial charge in [0.25, 0.3) is 11.6 Å². The van der Waals surface area contributed by atoms with Crippen LogP contribution < -0.4 is 10.9 Å². The van der Waals surface area contributed by atoms with Crippen LogP contribution in [0.15, 0.2) is 59.0 Å². The zero-order valence-corrected chi connectivity index (χ0v) is 16.0. The van der Waals surface area contributed by atoms with Crippen molar-refractivity contribution in [1.29, 1.82) is 0 Å². The molecule has 0 fully saturated rings. The molecule has 1 heterocycles. The lowest BCUT2D eigenvalue weighted by atomic mass is 10.1. The maximum Gasteiger partial charge on any atom is 0.305 e. The summed E-state index contributed by atoms with van der Waals surface area (Å²) >= 11 is 6.07. The van der Waals surface area contributed by atoms with Gasteiger partial charge < -0.3 is 4.42 Å². The van der Waals surface area contributed by atoms with Crippen LogP contribution >= 0.6 is 11.6 Å². The average Bonchev–Trinajstić information content (AvgIpc) is 3.21. The Balaban J connectivity index is 1.66. The number of hydrogen-bond acceptors (Lipinski definition) is 5. The normalized spacial score (nSPS) is 10.4. The minimum absolute atomic E-state index is 0.0592. The van der Waals surface area contributed by atoms with Gasteiger partial charge in [0.2, 0.25) is 0 Å². The molecule has 0 saturated carbocycles. The Morgan fingerprint density at radius 2 is 1.72 bits per heavy atom. The van der Waals surface area contributed by atoms with Crippen LogP contribution in [-0.2, 0) is 6.42 Å². The van der Waals surface area contributed by atoms with Crippen LogP contribution in [0.3, 0.4) is 0 Å². The summed E-state index contributed by atoms with van der Waals surface area (Å²) in [7, 11) is 0. The van der Waals surface area contributed by atoms with Gasteiger partial charge in [0.1, 0.15) is 5.76 Å². The van der Waals surface area contributed by atoms with Crippen LogP contribution in [0.2, 0.25) is 5.02 Å². The molecule has 3 aromatic rings. The fraction of sp³-hybridized carbons (Fsp3) is 0.100. The van der Waals surface area contributed by atoms with E-state index in [2.05, 4.69) is 10.9 Å². The highest BCUT2D eigenvalue weighted by Crippen LogP contribution is 2.32. The molecule has 0 atom stereocenters. The highest BCUT2D eigenvalue weighted by Gasteiger charge is 2.17. The summed E-state index contributed by atoms with van der Waals surface area (Å²) in [5.74, 6) is -0.924. The Morgan fingerprint density at radius 1 is 1.03 bits per heavy atom. The number of hydrazine groups is 1. The summed E-state index contributed by atoms with van der Waals surface area (Å²) in [5, 5.41) is 10.9. The van der Waals surface area contributed by atoms with E-state index in [0.717, 1.165) is 12.0 Å². The molecule has 0 aliphatic carbocycles. The molecule has 0 bridgehead atoms. The van der Waals surface area contributed by atoms with E-state index in [9.17, 15) is 19.7 Å². The van der Waals surface area contributed by atoms with Gasteiger partial charge in [0.15, 0.2) is 5.76 Å². The molecular formula is C20H16ClN3O5. The number of nitrogens with zero attached hydrogens (tertiary/aromatic N) is 1. The zero-order chi connectivity index (χ0) is 21.0. The molecule has 9 heteroatoms. The summed E-state index contributed by atoms with van der Waals surface area (Å²) in [6.07, 6.45) is 0.859. The Hall–Kier alpha value is -3.65. The summed E-state index contributed by atoms with van der Waals surface area (Å²) in [6, 6.07) is 13.8. The van der Waals surface area contributed by atoms with Crippen molar-refractivity contribution >= 4 is 29.1 Å². The van der Waals surface area contributed by atoms with Crippen molar-refractivity contribution in [3.05, 3.63) is 86.6 Å². The maximum atomic E-state index is 12.2. The second-order valence-corrected chi connectivity index (χ2v) is 6.45. The molecule has 0 saturated heterocycles. The van der Waals surface area contributed by atoms with Crippen LogP contribution in [-0.4, -0.2) is 16.7 Å². The summed E-state index contributed by atoms with van der Waals surface area (Å²) in [4.78, 5) is 34.6. The standard InChI is InChI=1S/C20H16ClN3O5/c1-2-12-3-5-13(6-4-12)19(25)22-23-20(26)18-10-9-17(29-18)15-8-7-14(24(27)28)11-16(15)21/h3-11H,2H2,1H3,(H,22,25)(H,23,26). The van der Waals surface area contributed by atoms with Crippen LogP contribution in [0.25, 0.3) is 11.3 Å². The second kappa shape index (κ2) is 8.57. The van der Waals surface area contributed by atoms with E-state index in [0.29, 0.717) is 11.1 Å². The number of aryl methyl sites for hydroxylation is 1. The molecule has 0 unspecified atom stereocenters. The first-order valence-electron chi connectivity index (χ1n) is 8.62. The molecule has 0 aliphatic heterocycles. The number of nitrogens with one attached hydrogen (secondary N) is 2. The van der Waals surface area contributed by atoms with Gasteiger partial charge in [-0.3, -0.25) is 30.6 Å². The number of furan rings is 1. The highest BCUT2D eigenvalue weighted by molar-refractivity contribution is 6.33. The topological polar surface area (TPSA) is 114 Å². The molecule has 29 heavy (non-hydrogen) atoms. The molecule has 0 aliphatic rings. The maximum absolute atomic E-state index is 12.2. The average molecular weight is 414 g/mol. The van der Waals surface area contributed by atoms with Crippen LogP contribution in [0, 0.1) is 10.1 Å². The molecule has 2 N–H and O–H groups in total. The number of carbonyl (C=O) groups is 2. The number of halogens is 1. The van der Waals surface area contributed by atoms with Gasteiger partial charge in [0.05, 0.1) is 9.95 Å². The van der Waals surface area contributed by atoms with Crippen LogP contribution in [0.5, 0.6) is 0 Å². The fourth-order valence-electron chi connectivity index (χ4n) is 2.56. The second-order valence-electron chi connectivity index (χ2n) is 6.04. The molecular weight excluding hydrogens is 398 g/mol. The molecule has 0 spiro atoms. The van der Waals surface area contributed by atoms with Gasteiger partial charge >= 0.3 is 5.91 Å². The highest BCUT2D eigenvalue weighted by atomic mass is 35.5. The molecule has 0 radical (unpaired) electrons. The minimum Gasteiger partial charge on any atom is -0.451 e. The smallest absolute Gasteiger partial charge is 0.305 e. The van der Waals surface area contributed by atoms with Crippen molar-refractivity contribution in [3.8, 4) is 11.3 Å². The Morgan fingerprint density at radius 3 is 2.34 bits per heavy atom. The number of nitro benzene ring substituents is 1. The van der Waals surface area contributed by atoms with Crippen LogP contribution in [0.1, 0.15) is 33.4 Å². The molecule has 8 nitrogen and oxygen atoms in total. The monoisotopic (exact) mass is 413 g/mol. The zero-order valence-electron chi connectivity index (χ0n) is 15.3. The molecule has 148 valence electrons. The third kappa shape index (κ3) is 4.61. The van der Waals surface area contributed by atoms with Crippen molar-refractivity contribution in [1.82, 2.24) is 10.9 Å². The van der Waals surface area contributed by atoms with Gasteiger partial charge in [-0.1, -0.05) is 30.7 Å². The predicted molar refractivity (Wildman–Crippen MR) is 107 cm³/mol. The number of non-ortho nitro benzene ring substituents is 1. The van der Waals surface area contributed by atoms with Crippen molar-refractivity contribution in [2.75, 3.05) is 0 Å². The quantitative estimate of drug-likeness (QED) is 0.481. The van der Waals surface area contributed by atoms with Gasteiger partial charge in [-0.15, -0.1) is 0 Å². The SMILES string of the molecule is CCc1ccc(C(=O)NNC(=O)c2ccc(-c3ccc([N+](=O)[O-])cc3Cl)o2)cc1. The number of carbonyl (C=O) groups excluding carboxylic acids is 2. The summed E-state index contributed by atoms with van der Waals surface area (Å²) < 4.78 is 5.46. The van der Waals surface area contributed by atoms with E-state index in [4.69, 9.17) is 16.0 Å². The van der Waals surface area contributed by atoms with E-state index in [1.807, 2.05) is 19.1 Å². The van der Waals surface area contributed by atoms with E-state index in [1.54, 1.807) is 12.1 Å². The van der Waals surface area contributed by atoms with Crippen molar-refractivity contribution in [3.63, 3.8) is 0 Å². The third-order valence-electron chi connectivity index (χ3n) is 4.17. The number of hydrogen-bond donors (Lipinski definition) is 2. The fourth-order valence-corrected chi connectivity index (χ4v) is 2.83. The lowest BCUT2D eigenvalue weighted by Gasteiger charge is -2.06. The number of nitro groups is 1. The lowest BCUT2D eigenvalue weighted by molar-refractivity contribution is -0.384. The number of benzene rings is 2. The van der Waals surface area contributed by atoms with Gasteiger partial charge in [-0.2, -0.15) is 0 Å². The summed E-state index contributed by atoms with van der Waals surface area (Å²) in [5.41, 5.74) is 6.33. The van der Waals surface area contributed by atoms with E-state index < -0.39 is 16.7 Å². The third-order valence-corrected chi connectivity index (χ3v) is 4.49. The van der Waals surface area contributed by atoms with Crippen molar-refractivity contribution in [2.24, 2.45) is 0 Å². The Labute approximate surface area is 170 Å². The first-order chi connectivity index (χ1) is 13.9. The molecule has 2 aromatic carbocycles. The summed E-state index contributed by atoms with van der Waals surface area (Å²) in [6.45, 7) is 2.01. The first-order valence-corrected chi connectivity index (χ1v) is 9.00. The van der Waals surface area contributed by atoms with Gasteiger partial charge in [-0.25, -0.2) is 0 Å². The molecule has 3 rings (SSSR count). The first kappa shape index (κ1) is 20.1. The van der Waals surface area contributed by atoms with E-state index >= 15 is 0 Å². The largest absolute Gasteiger partial charge is 0.451 e. The van der Waals surface area contributed by atoms with Crippen molar-refractivity contribution in [2.45, 2.75) is 13.3 Å². The van der Waals surface area contributed by atoms with Crippen LogP contribution in [0.4, 0.5) is 5.69 Å². The number of rotatable bonds is 5. The lowest BCUT2D eigenvalue weighted by Crippen LogP contribution is -2.41. The van der Waals surface area contributed by atoms with Gasteiger partial charge in [-0.05, 0) is 42.3 Å². The molecule has 1 aromatic heterocycles. The minimum atomic E-state index is -0.659. The molecule has 2 amide bonds.